The molecule has 0 radical (unpaired) electrons. The third kappa shape index (κ3) is 4.28. The summed E-state index contributed by atoms with van der Waals surface area (Å²) >= 11 is 12.1. The topological polar surface area (TPSA) is 29.0 Å². The van der Waals surface area contributed by atoms with E-state index >= 15 is 0 Å². The fourth-order valence-electron chi connectivity index (χ4n) is 4.70. The molecule has 0 saturated carbocycles. The van der Waals surface area contributed by atoms with Gasteiger partial charge in [-0.1, -0.05) is 47.6 Å². The second-order valence-electron chi connectivity index (χ2n) is 8.21. The lowest BCUT2D eigenvalue weighted by molar-refractivity contribution is 0.390. The van der Waals surface area contributed by atoms with Crippen LogP contribution in [0.5, 0.6) is 0 Å². The third-order valence-corrected chi connectivity index (χ3v) is 6.92. The van der Waals surface area contributed by atoms with Crippen molar-refractivity contribution in [3.63, 3.8) is 0 Å². The van der Waals surface area contributed by atoms with Gasteiger partial charge in [-0.15, -0.1) is 0 Å². The number of benzene rings is 1. The van der Waals surface area contributed by atoms with Crippen LogP contribution in [-0.2, 0) is 19.3 Å². The predicted molar refractivity (Wildman–Crippen MR) is 130 cm³/mol. The van der Waals surface area contributed by atoms with Crippen LogP contribution in [0.15, 0.2) is 66.6 Å². The number of rotatable bonds is 2. The Morgan fingerprint density at radius 2 is 1.77 bits per heavy atom. The molecule has 5 rings (SSSR count). The summed E-state index contributed by atoms with van der Waals surface area (Å²) in [7, 11) is 0. The Kier molecular flexibility index (Phi) is 5.84. The first-order valence-electron chi connectivity index (χ1n) is 10.8. The SMILES string of the molecule is S=C(Cc1cccnc1)N1CCC(=C2c3ccc(Cl)cc3CCc3cccnc32)CC1. The van der Waals surface area contributed by atoms with Crippen LogP contribution in [0, 0.1) is 0 Å². The van der Waals surface area contributed by atoms with Crippen molar-refractivity contribution in [1.29, 1.82) is 0 Å². The number of hydrogen-bond donors (Lipinski definition) is 0. The number of likely N-dealkylation sites (tertiary alicyclic amines) is 1. The molecule has 2 aromatic heterocycles. The Labute approximate surface area is 193 Å². The molecular formula is C26H24ClN3S. The first-order valence-corrected chi connectivity index (χ1v) is 11.6. The number of nitrogens with zero attached hydrogens (tertiary/aromatic N) is 3. The number of hydrogen-bond acceptors (Lipinski definition) is 3. The summed E-state index contributed by atoms with van der Waals surface area (Å²) in [5.41, 5.74) is 9.05. The van der Waals surface area contributed by atoms with E-state index in [1.54, 1.807) is 6.20 Å². The van der Waals surface area contributed by atoms with Crippen LogP contribution in [0.4, 0.5) is 0 Å². The van der Waals surface area contributed by atoms with E-state index in [2.05, 4.69) is 34.1 Å². The maximum atomic E-state index is 6.34. The lowest BCUT2D eigenvalue weighted by atomic mass is 9.88. The quantitative estimate of drug-likeness (QED) is 0.473. The van der Waals surface area contributed by atoms with Gasteiger partial charge in [-0.25, -0.2) is 0 Å². The Bertz CT molecular complexity index is 1150. The lowest BCUT2D eigenvalue weighted by Gasteiger charge is -2.32. The highest BCUT2D eigenvalue weighted by Gasteiger charge is 2.25. The van der Waals surface area contributed by atoms with E-state index in [0.717, 1.165) is 60.9 Å². The molecule has 1 saturated heterocycles. The Morgan fingerprint density at radius 1 is 0.968 bits per heavy atom. The highest BCUT2D eigenvalue weighted by molar-refractivity contribution is 7.80. The zero-order valence-electron chi connectivity index (χ0n) is 17.4. The summed E-state index contributed by atoms with van der Waals surface area (Å²) in [6, 6.07) is 14.6. The second-order valence-corrected chi connectivity index (χ2v) is 9.12. The van der Waals surface area contributed by atoms with Crippen LogP contribution in [0.25, 0.3) is 5.57 Å². The maximum absolute atomic E-state index is 6.34. The van der Waals surface area contributed by atoms with Gasteiger partial charge in [-0.3, -0.25) is 9.97 Å². The number of aryl methyl sites for hydroxylation is 2. The molecule has 156 valence electrons. The highest BCUT2D eigenvalue weighted by atomic mass is 35.5. The lowest BCUT2D eigenvalue weighted by Crippen LogP contribution is -2.36. The van der Waals surface area contributed by atoms with E-state index < -0.39 is 0 Å². The minimum absolute atomic E-state index is 0.779. The van der Waals surface area contributed by atoms with Gasteiger partial charge in [-0.2, -0.15) is 0 Å². The van der Waals surface area contributed by atoms with Gasteiger partial charge in [0.25, 0.3) is 0 Å². The smallest absolute Gasteiger partial charge is 0.0824 e. The average molecular weight is 446 g/mol. The number of thiocarbonyl (C=S) groups is 1. The van der Waals surface area contributed by atoms with Crippen molar-refractivity contribution in [1.82, 2.24) is 14.9 Å². The summed E-state index contributed by atoms with van der Waals surface area (Å²) in [5, 5.41) is 0.803. The zero-order valence-corrected chi connectivity index (χ0v) is 18.9. The summed E-state index contributed by atoms with van der Waals surface area (Å²) in [4.78, 5) is 12.4. The van der Waals surface area contributed by atoms with Gasteiger partial charge in [0.15, 0.2) is 0 Å². The van der Waals surface area contributed by atoms with Crippen molar-refractivity contribution in [3.05, 3.63) is 99.6 Å². The van der Waals surface area contributed by atoms with E-state index in [4.69, 9.17) is 28.8 Å². The van der Waals surface area contributed by atoms with Crippen LogP contribution in [0.3, 0.4) is 0 Å². The molecular weight excluding hydrogens is 422 g/mol. The van der Waals surface area contributed by atoms with Crippen LogP contribution < -0.4 is 0 Å². The number of pyridine rings is 2. The van der Waals surface area contributed by atoms with E-state index in [1.165, 1.54) is 33.4 Å². The molecule has 3 aromatic rings. The summed E-state index contributed by atoms with van der Waals surface area (Å²) in [6.45, 7) is 1.89. The monoisotopic (exact) mass is 445 g/mol. The van der Waals surface area contributed by atoms with Gasteiger partial charge in [-0.05, 0) is 72.2 Å². The standard InChI is InChI=1S/C26H24ClN3S/c27-22-7-8-23-21(16-22)6-5-20-4-2-12-29-26(20)25(23)19-9-13-30(14-10-19)24(31)15-18-3-1-11-28-17-18/h1-4,7-8,11-12,16-17H,5-6,9-10,13-15H2. The van der Waals surface area contributed by atoms with Gasteiger partial charge < -0.3 is 4.90 Å². The van der Waals surface area contributed by atoms with E-state index in [0.29, 0.717) is 0 Å². The van der Waals surface area contributed by atoms with E-state index in [-0.39, 0.29) is 0 Å². The van der Waals surface area contributed by atoms with Crippen LogP contribution >= 0.6 is 23.8 Å². The minimum atomic E-state index is 0.779. The number of halogens is 1. The molecule has 1 aromatic carbocycles. The van der Waals surface area contributed by atoms with Crippen molar-refractivity contribution in [2.75, 3.05) is 13.1 Å². The molecule has 0 atom stereocenters. The maximum Gasteiger partial charge on any atom is 0.0824 e. The van der Waals surface area contributed by atoms with Crippen molar-refractivity contribution >= 4 is 34.4 Å². The number of fused-ring (bicyclic) bond motifs is 2. The van der Waals surface area contributed by atoms with Gasteiger partial charge in [0.1, 0.15) is 0 Å². The molecule has 0 bridgehead atoms. The van der Waals surface area contributed by atoms with Crippen molar-refractivity contribution < 1.29 is 0 Å². The number of piperidine rings is 1. The van der Waals surface area contributed by atoms with Gasteiger partial charge in [0, 0.05) is 48.7 Å². The normalized spacial score (nSPS) is 15.8. The van der Waals surface area contributed by atoms with Crippen molar-refractivity contribution in [2.45, 2.75) is 32.1 Å². The Hall–Kier alpha value is -2.56. The first-order chi connectivity index (χ1) is 15.2. The number of aromatic nitrogens is 2. The molecule has 0 unspecified atom stereocenters. The van der Waals surface area contributed by atoms with Crippen LogP contribution in [0.2, 0.25) is 5.02 Å². The predicted octanol–water partition coefficient (Wildman–Crippen LogP) is 5.70. The fourth-order valence-corrected chi connectivity index (χ4v) is 5.24. The molecule has 1 fully saturated rings. The summed E-state index contributed by atoms with van der Waals surface area (Å²) in [5.74, 6) is 0. The molecule has 2 aliphatic rings. The largest absolute Gasteiger partial charge is 0.365 e. The van der Waals surface area contributed by atoms with Crippen molar-refractivity contribution in [3.8, 4) is 0 Å². The molecule has 31 heavy (non-hydrogen) atoms. The summed E-state index contributed by atoms with van der Waals surface area (Å²) in [6.07, 6.45) is 10.4. The van der Waals surface area contributed by atoms with Gasteiger partial charge in [0.2, 0.25) is 0 Å². The minimum Gasteiger partial charge on any atom is -0.365 e. The highest BCUT2D eigenvalue weighted by Crippen LogP contribution is 2.38. The molecule has 3 heterocycles. The molecule has 3 nitrogen and oxygen atoms in total. The fraction of sp³-hybridized carbons (Fsp3) is 0.269. The second kappa shape index (κ2) is 8.89. The van der Waals surface area contributed by atoms with Crippen LogP contribution in [0.1, 0.15) is 40.8 Å². The Morgan fingerprint density at radius 3 is 2.58 bits per heavy atom. The molecule has 5 heteroatoms. The average Bonchev–Trinajstić information content (AvgIpc) is 2.96. The Balaban J connectivity index is 1.45. The summed E-state index contributed by atoms with van der Waals surface area (Å²) < 4.78 is 0. The zero-order chi connectivity index (χ0) is 21.2. The molecule has 0 amide bonds. The third-order valence-electron chi connectivity index (χ3n) is 6.28. The molecule has 0 spiro atoms. The molecule has 0 N–H and O–H groups in total. The van der Waals surface area contributed by atoms with Gasteiger partial charge >= 0.3 is 0 Å². The van der Waals surface area contributed by atoms with E-state index in [9.17, 15) is 0 Å². The van der Waals surface area contributed by atoms with Crippen molar-refractivity contribution in [2.24, 2.45) is 0 Å². The van der Waals surface area contributed by atoms with Gasteiger partial charge in [0.05, 0.1) is 10.7 Å². The van der Waals surface area contributed by atoms with Crippen LogP contribution in [-0.4, -0.2) is 32.9 Å². The van der Waals surface area contributed by atoms with E-state index in [1.807, 2.05) is 30.6 Å². The first kappa shape index (κ1) is 20.3. The molecule has 1 aliphatic heterocycles. The molecule has 1 aliphatic carbocycles.